The average molecular weight is 183 g/mol. The minimum atomic E-state index is 0.640. The number of likely N-dealkylation sites (tertiary alicyclic amines) is 1. The van der Waals surface area contributed by atoms with E-state index in [0.29, 0.717) is 6.10 Å². The summed E-state index contributed by atoms with van der Waals surface area (Å²) in [6.45, 7) is 4.89. The minimum absolute atomic E-state index is 0.640. The van der Waals surface area contributed by atoms with Crippen molar-refractivity contribution in [3.63, 3.8) is 0 Å². The molecule has 1 aliphatic carbocycles. The second kappa shape index (κ2) is 4.97. The van der Waals surface area contributed by atoms with Crippen LogP contribution in [0.25, 0.3) is 0 Å². The van der Waals surface area contributed by atoms with Gasteiger partial charge in [-0.25, -0.2) is 0 Å². The van der Waals surface area contributed by atoms with Crippen LogP contribution in [0.15, 0.2) is 0 Å². The monoisotopic (exact) mass is 183 g/mol. The number of hydrogen-bond donors (Lipinski definition) is 0. The predicted molar refractivity (Wildman–Crippen MR) is 53.9 cm³/mol. The molecule has 0 atom stereocenters. The van der Waals surface area contributed by atoms with Gasteiger partial charge in [0.05, 0.1) is 6.10 Å². The van der Waals surface area contributed by atoms with Crippen LogP contribution in [0.5, 0.6) is 0 Å². The van der Waals surface area contributed by atoms with E-state index >= 15 is 0 Å². The molecule has 2 rings (SSSR count). The molecule has 1 heterocycles. The largest absolute Gasteiger partial charge is 0.378 e. The van der Waals surface area contributed by atoms with Crippen LogP contribution < -0.4 is 0 Å². The summed E-state index contributed by atoms with van der Waals surface area (Å²) in [5.74, 6) is 0. The number of nitrogens with zero attached hydrogens (tertiary/aromatic N) is 1. The topological polar surface area (TPSA) is 12.5 Å². The van der Waals surface area contributed by atoms with E-state index in [1.54, 1.807) is 0 Å². The van der Waals surface area contributed by atoms with Gasteiger partial charge in [0.25, 0.3) is 0 Å². The van der Waals surface area contributed by atoms with Crippen LogP contribution in [0.4, 0.5) is 0 Å². The molecule has 0 unspecified atom stereocenters. The van der Waals surface area contributed by atoms with Crippen LogP contribution in [-0.4, -0.2) is 37.2 Å². The molecule has 1 saturated heterocycles. The summed E-state index contributed by atoms with van der Waals surface area (Å²) in [6.07, 6.45) is 8.74. The molecule has 76 valence electrons. The molecular weight excluding hydrogens is 162 g/mol. The first-order valence-corrected chi connectivity index (χ1v) is 5.79. The highest BCUT2D eigenvalue weighted by Crippen LogP contribution is 2.23. The van der Waals surface area contributed by atoms with Crippen LogP contribution in [0, 0.1) is 0 Å². The zero-order valence-electron chi connectivity index (χ0n) is 8.50. The lowest BCUT2D eigenvalue weighted by molar-refractivity contribution is 0.104. The van der Waals surface area contributed by atoms with Gasteiger partial charge in [0.15, 0.2) is 0 Å². The maximum Gasteiger partial charge on any atom is 0.0577 e. The Morgan fingerprint density at radius 2 is 1.85 bits per heavy atom. The summed E-state index contributed by atoms with van der Waals surface area (Å²) in [5, 5.41) is 0. The average Bonchev–Trinajstić information content (AvgIpc) is 2.98. The zero-order chi connectivity index (χ0) is 8.93. The Balaban J connectivity index is 1.46. The minimum Gasteiger partial charge on any atom is -0.378 e. The Morgan fingerprint density at radius 3 is 2.54 bits per heavy atom. The molecule has 13 heavy (non-hydrogen) atoms. The molecule has 0 aromatic heterocycles. The molecule has 2 fully saturated rings. The molecule has 1 aliphatic heterocycles. The van der Waals surface area contributed by atoms with E-state index in [4.69, 9.17) is 4.74 Å². The molecule has 0 spiro atoms. The standard InChI is InChI=1S/C11H21NO/c1-2-7-12(8-3-1)9-4-10-13-11-5-6-11/h11H,1-10H2. The van der Waals surface area contributed by atoms with E-state index in [0.717, 1.165) is 6.61 Å². The molecule has 1 saturated carbocycles. The van der Waals surface area contributed by atoms with Crippen molar-refractivity contribution in [1.29, 1.82) is 0 Å². The maximum atomic E-state index is 5.62. The number of hydrogen-bond acceptors (Lipinski definition) is 2. The van der Waals surface area contributed by atoms with Gasteiger partial charge >= 0.3 is 0 Å². The fraction of sp³-hybridized carbons (Fsp3) is 1.00. The normalized spacial score (nSPS) is 24.9. The van der Waals surface area contributed by atoms with Gasteiger partial charge < -0.3 is 9.64 Å². The van der Waals surface area contributed by atoms with Crippen LogP contribution in [-0.2, 0) is 4.74 Å². The highest BCUT2D eigenvalue weighted by molar-refractivity contribution is 4.73. The Morgan fingerprint density at radius 1 is 1.08 bits per heavy atom. The lowest BCUT2D eigenvalue weighted by Crippen LogP contribution is -2.31. The Kier molecular flexibility index (Phi) is 3.62. The van der Waals surface area contributed by atoms with Crippen molar-refractivity contribution in [3.8, 4) is 0 Å². The third kappa shape index (κ3) is 3.65. The lowest BCUT2D eigenvalue weighted by Gasteiger charge is -2.26. The predicted octanol–water partition coefficient (Wildman–Crippen LogP) is 2.04. The van der Waals surface area contributed by atoms with Crippen molar-refractivity contribution < 1.29 is 4.74 Å². The molecule has 0 amide bonds. The van der Waals surface area contributed by atoms with Gasteiger partial charge in [-0.15, -0.1) is 0 Å². The van der Waals surface area contributed by atoms with Crippen LogP contribution in [0.3, 0.4) is 0 Å². The van der Waals surface area contributed by atoms with Gasteiger partial charge in [-0.3, -0.25) is 0 Å². The number of rotatable bonds is 5. The third-order valence-corrected chi connectivity index (χ3v) is 2.95. The van der Waals surface area contributed by atoms with Gasteiger partial charge in [0.1, 0.15) is 0 Å². The summed E-state index contributed by atoms with van der Waals surface area (Å²) in [4.78, 5) is 2.58. The van der Waals surface area contributed by atoms with Crippen LogP contribution in [0.2, 0.25) is 0 Å². The Labute approximate surface area is 81.3 Å². The van der Waals surface area contributed by atoms with Gasteiger partial charge in [0, 0.05) is 13.2 Å². The van der Waals surface area contributed by atoms with E-state index in [1.165, 1.54) is 58.2 Å². The second-order valence-corrected chi connectivity index (χ2v) is 4.33. The molecule has 2 nitrogen and oxygen atoms in total. The molecular formula is C11H21NO. The molecule has 2 heteroatoms. The molecule has 2 aliphatic rings. The fourth-order valence-corrected chi connectivity index (χ4v) is 1.96. The summed E-state index contributed by atoms with van der Waals surface area (Å²) in [5.41, 5.74) is 0. The first-order valence-electron chi connectivity index (χ1n) is 5.79. The van der Waals surface area contributed by atoms with E-state index < -0.39 is 0 Å². The molecule has 0 aromatic rings. The summed E-state index contributed by atoms with van der Waals surface area (Å²) in [6, 6.07) is 0. The van der Waals surface area contributed by atoms with Crippen LogP contribution in [0.1, 0.15) is 38.5 Å². The summed E-state index contributed by atoms with van der Waals surface area (Å²) < 4.78 is 5.62. The molecule has 0 bridgehead atoms. The van der Waals surface area contributed by atoms with Crippen molar-refractivity contribution in [3.05, 3.63) is 0 Å². The quantitative estimate of drug-likeness (QED) is 0.605. The summed E-state index contributed by atoms with van der Waals surface area (Å²) in [7, 11) is 0. The Bertz CT molecular complexity index is 139. The molecule has 0 radical (unpaired) electrons. The zero-order valence-corrected chi connectivity index (χ0v) is 8.50. The molecule has 0 N–H and O–H groups in total. The highest BCUT2D eigenvalue weighted by Gasteiger charge is 2.21. The van der Waals surface area contributed by atoms with Gasteiger partial charge in [-0.05, 0) is 45.2 Å². The number of piperidine rings is 1. The summed E-state index contributed by atoms with van der Waals surface area (Å²) >= 11 is 0. The third-order valence-electron chi connectivity index (χ3n) is 2.95. The first kappa shape index (κ1) is 9.47. The SMILES string of the molecule is C1CCN(CCCOC2CC2)CC1. The van der Waals surface area contributed by atoms with Crippen molar-refractivity contribution in [1.82, 2.24) is 4.90 Å². The van der Waals surface area contributed by atoms with Gasteiger partial charge in [0.2, 0.25) is 0 Å². The lowest BCUT2D eigenvalue weighted by atomic mass is 10.1. The van der Waals surface area contributed by atoms with E-state index in [9.17, 15) is 0 Å². The van der Waals surface area contributed by atoms with E-state index in [-0.39, 0.29) is 0 Å². The first-order chi connectivity index (χ1) is 6.45. The van der Waals surface area contributed by atoms with Crippen molar-refractivity contribution in [2.24, 2.45) is 0 Å². The van der Waals surface area contributed by atoms with Crippen molar-refractivity contribution >= 4 is 0 Å². The fourth-order valence-electron chi connectivity index (χ4n) is 1.96. The van der Waals surface area contributed by atoms with Gasteiger partial charge in [-0.1, -0.05) is 6.42 Å². The van der Waals surface area contributed by atoms with E-state index in [2.05, 4.69) is 4.90 Å². The van der Waals surface area contributed by atoms with Crippen molar-refractivity contribution in [2.45, 2.75) is 44.6 Å². The maximum absolute atomic E-state index is 5.62. The smallest absolute Gasteiger partial charge is 0.0577 e. The Hall–Kier alpha value is -0.0800. The van der Waals surface area contributed by atoms with Gasteiger partial charge in [-0.2, -0.15) is 0 Å². The second-order valence-electron chi connectivity index (χ2n) is 4.33. The van der Waals surface area contributed by atoms with Crippen molar-refractivity contribution in [2.75, 3.05) is 26.2 Å². The van der Waals surface area contributed by atoms with E-state index in [1.807, 2.05) is 0 Å². The molecule has 0 aromatic carbocycles. The highest BCUT2D eigenvalue weighted by atomic mass is 16.5. The van der Waals surface area contributed by atoms with Crippen LogP contribution >= 0.6 is 0 Å². The number of ether oxygens (including phenoxy) is 1.